The molecule has 0 bridgehead atoms. The summed E-state index contributed by atoms with van der Waals surface area (Å²) < 4.78 is 18.2. The van der Waals surface area contributed by atoms with E-state index in [1.165, 1.54) is 12.1 Å². The molecule has 1 aromatic heterocycles. The third-order valence-electron chi connectivity index (χ3n) is 3.07. The first-order chi connectivity index (χ1) is 9.60. The minimum Gasteiger partial charge on any atom is -0.455 e. The Morgan fingerprint density at radius 3 is 2.80 bits per heavy atom. The lowest BCUT2D eigenvalue weighted by Crippen LogP contribution is -2.25. The standard InChI is InChI=1S/C15H17FN2O2/c1-10-8-12(16)3-2-11(10)6-7-18-15(19)14-5-4-13(9-17)20-14/h2-5,8H,6-7,9,17H2,1H3,(H,18,19). The molecule has 3 N–H and O–H groups in total. The topological polar surface area (TPSA) is 68.3 Å². The van der Waals surface area contributed by atoms with Crippen LogP contribution in [0.4, 0.5) is 4.39 Å². The van der Waals surface area contributed by atoms with Crippen LogP contribution in [0, 0.1) is 12.7 Å². The van der Waals surface area contributed by atoms with Gasteiger partial charge in [0, 0.05) is 6.54 Å². The van der Waals surface area contributed by atoms with Gasteiger partial charge in [0.1, 0.15) is 11.6 Å². The van der Waals surface area contributed by atoms with E-state index in [9.17, 15) is 9.18 Å². The molecule has 2 rings (SSSR count). The van der Waals surface area contributed by atoms with Crippen LogP contribution in [0.15, 0.2) is 34.7 Å². The second-order valence-electron chi connectivity index (χ2n) is 4.55. The molecule has 0 saturated heterocycles. The molecule has 2 aromatic rings. The van der Waals surface area contributed by atoms with Crippen LogP contribution < -0.4 is 11.1 Å². The van der Waals surface area contributed by atoms with Gasteiger partial charge < -0.3 is 15.5 Å². The third kappa shape index (κ3) is 3.45. The highest BCUT2D eigenvalue weighted by Gasteiger charge is 2.10. The number of aryl methyl sites for hydroxylation is 1. The molecule has 0 aliphatic carbocycles. The van der Waals surface area contributed by atoms with Crippen LogP contribution >= 0.6 is 0 Å². The smallest absolute Gasteiger partial charge is 0.287 e. The van der Waals surface area contributed by atoms with Crippen LogP contribution in [0.2, 0.25) is 0 Å². The second kappa shape index (κ2) is 6.34. The van der Waals surface area contributed by atoms with E-state index >= 15 is 0 Å². The molecule has 1 heterocycles. The van der Waals surface area contributed by atoms with Gasteiger partial charge in [-0.05, 0) is 48.7 Å². The average molecular weight is 276 g/mol. The summed E-state index contributed by atoms with van der Waals surface area (Å²) in [5, 5.41) is 2.76. The SMILES string of the molecule is Cc1cc(F)ccc1CCNC(=O)c1ccc(CN)o1. The Labute approximate surface area is 116 Å². The third-order valence-corrected chi connectivity index (χ3v) is 3.07. The van der Waals surface area contributed by atoms with Crippen LogP contribution in [0.25, 0.3) is 0 Å². The fraction of sp³-hybridized carbons (Fsp3) is 0.267. The van der Waals surface area contributed by atoms with E-state index in [0.29, 0.717) is 18.7 Å². The number of carbonyl (C=O) groups is 1. The zero-order valence-corrected chi connectivity index (χ0v) is 11.3. The summed E-state index contributed by atoms with van der Waals surface area (Å²) in [5.41, 5.74) is 7.30. The van der Waals surface area contributed by atoms with Gasteiger partial charge in [-0.1, -0.05) is 6.07 Å². The molecule has 0 radical (unpaired) electrons. The van der Waals surface area contributed by atoms with Gasteiger partial charge >= 0.3 is 0 Å². The Morgan fingerprint density at radius 1 is 1.35 bits per heavy atom. The highest BCUT2D eigenvalue weighted by atomic mass is 19.1. The number of furan rings is 1. The first-order valence-electron chi connectivity index (χ1n) is 6.42. The second-order valence-corrected chi connectivity index (χ2v) is 4.55. The van der Waals surface area contributed by atoms with Crippen molar-refractivity contribution in [3.8, 4) is 0 Å². The van der Waals surface area contributed by atoms with E-state index in [1.807, 2.05) is 6.92 Å². The average Bonchev–Trinajstić information content (AvgIpc) is 2.90. The van der Waals surface area contributed by atoms with E-state index in [-0.39, 0.29) is 24.0 Å². The van der Waals surface area contributed by atoms with Crippen molar-refractivity contribution < 1.29 is 13.6 Å². The molecule has 106 valence electrons. The van der Waals surface area contributed by atoms with Crippen molar-refractivity contribution in [3.63, 3.8) is 0 Å². The molecule has 0 aliphatic heterocycles. The lowest BCUT2D eigenvalue weighted by molar-refractivity contribution is 0.0924. The molecular formula is C15H17FN2O2. The van der Waals surface area contributed by atoms with Gasteiger partial charge in [0.25, 0.3) is 5.91 Å². The first-order valence-corrected chi connectivity index (χ1v) is 6.42. The van der Waals surface area contributed by atoms with Gasteiger partial charge in [0.05, 0.1) is 6.54 Å². The van der Waals surface area contributed by atoms with Gasteiger partial charge in [-0.2, -0.15) is 0 Å². The van der Waals surface area contributed by atoms with Crippen LogP contribution in [-0.2, 0) is 13.0 Å². The largest absolute Gasteiger partial charge is 0.455 e. The van der Waals surface area contributed by atoms with Crippen molar-refractivity contribution in [1.29, 1.82) is 0 Å². The van der Waals surface area contributed by atoms with Crippen LogP contribution in [0.5, 0.6) is 0 Å². The monoisotopic (exact) mass is 276 g/mol. The van der Waals surface area contributed by atoms with E-state index in [1.54, 1.807) is 18.2 Å². The number of amides is 1. The molecule has 20 heavy (non-hydrogen) atoms. The van der Waals surface area contributed by atoms with Crippen LogP contribution in [0.3, 0.4) is 0 Å². The fourth-order valence-electron chi connectivity index (χ4n) is 1.95. The molecule has 5 heteroatoms. The normalized spacial score (nSPS) is 10.6. The van der Waals surface area contributed by atoms with Crippen molar-refractivity contribution in [3.05, 3.63) is 58.8 Å². The maximum atomic E-state index is 13.0. The Morgan fingerprint density at radius 2 is 2.15 bits per heavy atom. The van der Waals surface area contributed by atoms with E-state index in [2.05, 4.69) is 5.32 Å². The number of hydrogen-bond donors (Lipinski definition) is 2. The first kappa shape index (κ1) is 14.3. The lowest BCUT2D eigenvalue weighted by atomic mass is 10.1. The van der Waals surface area contributed by atoms with E-state index in [0.717, 1.165) is 11.1 Å². The molecule has 4 nitrogen and oxygen atoms in total. The zero-order valence-electron chi connectivity index (χ0n) is 11.3. The summed E-state index contributed by atoms with van der Waals surface area (Å²) >= 11 is 0. The molecular weight excluding hydrogens is 259 g/mol. The van der Waals surface area contributed by atoms with Crippen molar-refractivity contribution in [2.75, 3.05) is 6.54 Å². The number of nitrogens with two attached hydrogens (primary N) is 1. The summed E-state index contributed by atoms with van der Waals surface area (Å²) in [6.45, 7) is 2.58. The number of benzene rings is 1. The maximum absolute atomic E-state index is 13.0. The Bertz CT molecular complexity index is 608. The van der Waals surface area contributed by atoms with Crippen LogP contribution in [-0.4, -0.2) is 12.5 Å². The van der Waals surface area contributed by atoms with Gasteiger partial charge in [0.15, 0.2) is 5.76 Å². The molecule has 0 saturated carbocycles. The maximum Gasteiger partial charge on any atom is 0.287 e. The van der Waals surface area contributed by atoms with Gasteiger partial charge in [-0.25, -0.2) is 4.39 Å². The van der Waals surface area contributed by atoms with Crippen molar-refractivity contribution in [2.24, 2.45) is 5.73 Å². The van der Waals surface area contributed by atoms with Crippen molar-refractivity contribution >= 4 is 5.91 Å². The molecule has 0 fully saturated rings. The fourth-order valence-corrected chi connectivity index (χ4v) is 1.95. The van der Waals surface area contributed by atoms with Crippen LogP contribution in [0.1, 0.15) is 27.4 Å². The number of carbonyl (C=O) groups excluding carboxylic acids is 1. The number of halogens is 1. The van der Waals surface area contributed by atoms with E-state index in [4.69, 9.17) is 10.2 Å². The summed E-state index contributed by atoms with van der Waals surface area (Å²) in [5.74, 6) is 0.301. The molecule has 1 aromatic carbocycles. The molecule has 0 unspecified atom stereocenters. The van der Waals surface area contributed by atoms with Crippen molar-refractivity contribution in [1.82, 2.24) is 5.32 Å². The predicted octanol–water partition coefficient (Wildman–Crippen LogP) is 2.16. The minimum absolute atomic E-state index is 0.250. The molecule has 0 atom stereocenters. The summed E-state index contributed by atoms with van der Waals surface area (Å²) in [6, 6.07) is 7.91. The van der Waals surface area contributed by atoms with Crippen molar-refractivity contribution in [2.45, 2.75) is 19.9 Å². The Balaban J connectivity index is 1.87. The minimum atomic E-state index is -0.274. The summed E-state index contributed by atoms with van der Waals surface area (Å²) in [7, 11) is 0. The predicted molar refractivity (Wildman–Crippen MR) is 73.8 cm³/mol. The quantitative estimate of drug-likeness (QED) is 0.879. The zero-order chi connectivity index (χ0) is 14.5. The molecule has 0 spiro atoms. The summed E-state index contributed by atoms with van der Waals surface area (Å²) in [4.78, 5) is 11.8. The van der Waals surface area contributed by atoms with Gasteiger partial charge in [-0.3, -0.25) is 4.79 Å². The highest BCUT2D eigenvalue weighted by Crippen LogP contribution is 2.11. The highest BCUT2D eigenvalue weighted by molar-refractivity contribution is 5.91. The number of nitrogens with one attached hydrogen (secondary N) is 1. The summed E-state index contributed by atoms with van der Waals surface area (Å²) in [6.07, 6.45) is 0.641. The molecule has 1 amide bonds. The number of hydrogen-bond acceptors (Lipinski definition) is 3. The van der Waals surface area contributed by atoms with Gasteiger partial charge in [-0.15, -0.1) is 0 Å². The molecule has 0 aliphatic rings. The number of rotatable bonds is 5. The van der Waals surface area contributed by atoms with E-state index < -0.39 is 0 Å². The lowest BCUT2D eigenvalue weighted by Gasteiger charge is -2.06. The Kier molecular flexibility index (Phi) is 4.53. The van der Waals surface area contributed by atoms with Gasteiger partial charge in [0.2, 0.25) is 0 Å². The Hall–Kier alpha value is -2.14.